The van der Waals surface area contributed by atoms with Crippen LogP contribution in [0.15, 0.2) is 48.5 Å². The summed E-state index contributed by atoms with van der Waals surface area (Å²) >= 11 is 16.3. The van der Waals surface area contributed by atoms with E-state index in [2.05, 4.69) is 35.5 Å². The summed E-state index contributed by atoms with van der Waals surface area (Å²) in [7, 11) is 0. The van der Waals surface area contributed by atoms with Crippen molar-refractivity contribution in [2.75, 3.05) is 13.2 Å². The largest absolute Gasteiger partial charge is 0.472 e. The fraction of sp³-hybridized carbons (Fsp3) is 0.452. The van der Waals surface area contributed by atoms with Crippen molar-refractivity contribution in [3.63, 3.8) is 0 Å². The van der Waals surface area contributed by atoms with Gasteiger partial charge >= 0.3 is 6.09 Å². The first-order valence-electron chi connectivity index (χ1n) is 13.1. The molecule has 0 saturated carbocycles. The fourth-order valence-corrected chi connectivity index (χ4v) is 3.90. The van der Waals surface area contributed by atoms with Crippen LogP contribution < -0.4 is 5.32 Å². The molecule has 0 saturated heterocycles. The van der Waals surface area contributed by atoms with Crippen molar-refractivity contribution in [1.82, 2.24) is 5.32 Å². The van der Waals surface area contributed by atoms with Gasteiger partial charge in [0.1, 0.15) is 23.9 Å². The van der Waals surface area contributed by atoms with E-state index in [4.69, 9.17) is 60.8 Å². The van der Waals surface area contributed by atoms with Gasteiger partial charge in [0.05, 0.1) is 6.61 Å². The van der Waals surface area contributed by atoms with Gasteiger partial charge in [0.15, 0.2) is 5.78 Å². The van der Waals surface area contributed by atoms with Crippen molar-refractivity contribution in [3.8, 4) is 23.5 Å². The topological polar surface area (TPSA) is 97.7 Å². The zero-order valence-electron chi connectivity index (χ0n) is 24.1. The highest BCUT2D eigenvalue weighted by Crippen LogP contribution is 2.44. The molecule has 0 heterocycles. The highest BCUT2D eigenvalue weighted by atomic mass is 35.6. The van der Waals surface area contributed by atoms with Gasteiger partial charge in [-0.1, -0.05) is 96.2 Å². The lowest BCUT2D eigenvalue weighted by Gasteiger charge is -2.27. The van der Waals surface area contributed by atoms with Crippen molar-refractivity contribution in [2.45, 2.75) is 74.9 Å². The summed E-state index contributed by atoms with van der Waals surface area (Å²) in [4.78, 5) is 24.2. The molecule has 3 rings (SSSR count). The van der Waals surface area contributed by atoms with Crippen molar-refractivity contribution >= 4 is 52.6 Å². The molecule has 1 amide bonds. The molecular formula is C31H37Cl3N2O5. The number of fused-ring (bicyclic) bond motifs is 3. The molecular weight excluding hydrogens is 587 g/mol. The number of benzene rings is 2. The Hall–Kier alpha value is -2.76. The molecule has 0 radical (unpaired) electrons. The number of amides is 1. The van der Waals surface area contributed by atoms with Crippen molar-refractivity contribution in [1.29, 1.82) is 5.41 Å². The number of Topliss-reactive ketones (excluding diaryl/α,β-unsaturated/α-hetero) is 1. The third kappa shape index (κ3) is 10.2. The van der Waals surface area contributed by atoms with E-state index < -0.39 is 27.1 Å². The molecule has 2 aromatic carbocycles. The number of terminal acetylenes is 1. The normalized spacial score (nSPS) is 13.5. The first-order chi connectivity index (χ1) is 19.0. The van der Waals surface area contributed by atoms with Crippen LogP contribution in [0.25, 0.3) is 11.1 Å². The van der Waals surface area contributed by atoms with Gasteiger partial charge in [-0.15, -0.1) is 6.42 Å². The SMILES string of the molecule is C#CC(C)(C)OC[C@H](NC(=O)OCC1c2ccccc2-c2ccccc21)C(C)=O.CCC(C)(C)OC(=N)C(Cl)(Cl)Cl. The van der Waals surface area contributed by atoms with E-state index in [1.807, 2.05) is 45.0 Å². The molecule has 1 atom stereocenters. The van der Waals surface area contributed by atoms with Crippen LogP contribution in [-0.4, -0.2) is 52.0 Å². The minimum absolute atomic E-state index is 0.0171. The highest BCUT2D eigenvalue weighted by Gasteiger charge is 2.33. The standard InChI is InChI=1S/C24H25NO4.C7H12Cl3NO/c1-5-24(3,4)29-15-22(16(2)26)25-23(27)28-14-21-19-12-8-6-10-17(19)18-11-7-9-13-20(18)21;1-4-6(2,3)12-5(11)7(8,9)10/h1,6-13,21-22H,14-15H2,2-4H3,(H,25,27);11H,4H2,1-3H3/t22-;/m0./s1. The number of alkyl halides is 3. The first-order valence-corrected chi connectivity index (χ1v) is 14.2. The Bertz CT molecular complexity index is 1240. The minimum atomic E-state index is -1.76. The number of nitrogens with one attached hydrogen (secondary N) is 2. The van der Waals surface area contributed by atoms with E-state index in [1.54, 1.807) is 13.8 Å². The predicted octanol–water partition coefficient (Wildman–Crippen LogP) is 7.45. The maximum atomic E-state index is 12.4. The summed E-state index contributed by atoms with van der Waals surface area (Å²) in [6.07, 6.45) is 5.48. The fourth-order valence-electron chi connectivity index (χ4n) is 3.78. The van der Waals surface area contributed by atoms with Gasteiger partial charge < -0.3 is 19.5 Å². The Labute approximate surface area is 257 Å². The molecule has 222 valence electrons. The molecule has 0 fully saturated rings. The number of alkyl carbamates (subject to hydrolysis) is 1. The van der Waals surface area contributed by atoms with Gasteiger partial charge in [-0.2, -0.15) is 0 Å². The smallest absolute Gasteiger partial charge is 0.407 e. The predicted molar refractivity (Wildman–Crippen MR) is 165 cm³/mol. The summed E-state index contributed by atoms with van der Waals surface area (Å²) in [5.74, 6) is 1.89. The van der Waals surface area contributed by atoms with E-state index in [-0.39, 0.29) is 30.8 Å². The summed E-state index contributed by atoms with van der Waals surface area (Å²) in [6, 6.07) is 15.4. The number of ketones is 1. The van der Waals surface area contributed by atoms with Crippen LogP contribution in [0.5, 0.6) is 0 Å². The van der Waals surface area contributed by atoms with Gasteiger partial charge in [-0.3, -0.25) is 10.2 Å². The summed E-state index contributed by atoms with van der Waals surface area (Å²) in [6.45, 7) is 10.6. The second kappa shape index (κ2) is 14.4. The second-order valence-electron chi connectivity index (χ2n) is 10.6. The third-order valence-electron chi connectivity index (χ3n) is 6.57. The average molecular weight is 624 g/mol. The van der Waals surface area contributed by atoms with Gasteiger partial charge in [-0.05, 0) is 63.3 Å². The number of ether oxygens (including phenoxy) is 3. The van der Waals surface area contributed by atoms with Crippen LogP contribution in [0.4, 0.5) is 4.79 Å². The third-order valence-corrected chi connectivity index (χ3v) is 7.09. The van der Waals surface area contributed by atoms with Gasteiger partial charge in [-0.25, -0.2) is 4.79 Å². The number of hydrogen-bond donors (Lipinski definition) is 2. The molecule has 1 aliphatic carbocycles. The van der Waals surface area contributed by atoms with E-state index >= 15 is 0 Å². The van der Waals surface area contributed by atoms with Crippen LogP contribution in [-0.2, 0) is 19.0 Å². The molecule has 0 aromatic heterocycles. The molecule has 0 unspecified atom stereocenters. The van der Waals surface area contributed by atoms with E-state index in [9.17, 15) is 9.59 Å². The molecule has 7 nitrogen and oxygen atoms in total. The number of halogens is 3. The van der Waals surface area contributed by atoms with Gasteiger partial charge in [0.2, 0.25) is 5.90 Å². The molecule has 10 heteroatoms. The number of rotatable bonds is 9. The molecule has 2 N–H and O–H groups in total. The summed E-state index contributed by atoms with van der Waals surface area (Å²) in [5.41, 5.74) is 3.29. The van der Waals surface area contributed by atoms with Crippen molar-refractivity contribution in [3.05, 3.63) is 59.7 Å². The minimum Gasteiger partial charge on any atom is -0.472 e. The lowest BCUT2D eigenvalue weighted by molar-refractivity contribution is -0.121. The van der Waals surface area contributed by atoms with Gasteiger partial charge in [0, 0.05) is 5.92 Å². The summed E-state index contributed by atoms with van der Waals surface area (Å²) in [5, 5.41) is 9.86. The molecule has 0 aliphatic heterocycles. The number of carbonyl (C=O) groups is 2. The maximum Gasteiger partial charge on any atom is 0.407 e. The van der Waals surface area contributed by atoms with E-state index in [0.717, 1.165) is 28.7 Å². The van der Waals surface area contributed by atoms with E-state index in [0.29, 0.717) is 0 Å². The zero-order valence-corrected chi connectivity index (χ0v) is 26.4. The van der Waals surface area contributed by atoms with Gasteiger partial charge in [0.25, 0.3) is 3.79 Å². The Morgan fingerprint density at radius 3 is 1.98 bits per heavy atom. The molecule has 0 bridgehead atoms. The monoisotopic (exact) mass is 622 g/mol. The van der Waals surface area contributed by atoms with Crippen molar-refractivity contribution < 1.29 is 23.8 Å². The average Bonchev–Trinajstić information content (AvgIpc) is 3.23. The van der Waals surface area contributed by atoms with Crippen molar-refractivity contribution in [2.24, 2.45) is 0 Å². The number of carbonyl (C=O) groups excluding carboxylic acids is 2. The molecule has 2 aromatic rings. The first kappa shape index (κ1) is 34.4. The van der Waals surface area contributed by atoms with Crippen LogP contribution in [0.1, 0.15) is 65.0 Å². The quantitative estimate of drug-likeness (QED) is 0.131. The Kier molecular flexibility index (Phi) is 12.1. The van der Waals surface area contributed by atoms with Crippen LogP contribution in [0, 0.1) is 17.8 Å². The Balaban J connectivity index is 0.000000415. The molecule has 0 spiro atoms. The lowest BCUT2D eigenvalue weighted by atomic mass is 9.98. The maximum absolute atomic E-state index is 12.4. The van der Waals surface area contributed by atoms with Crippen LogP contribution >= 0.6 is 34.8 Å². The lowest BCUT2D eigenvalue weighted by Crippen LogP contribution is -2.45. The zero-order chi connectivity index (χ0) is 31.0. The summed E-state index contributed by atoms with van der Waals surface area (Å²) < 4.78 is 14.4. The second-order valence-corrected chi connectivity index (χ2v) is 12.9. The Morgan fingerprint density at radius 2 is 1.54 bits per heavy atom. The van der Waals surface area contributed by atoms with E-state index in [1.165, 1.54) is 6.92 Å². The van der Waals surface area contributed by atoms with Crippen LogP contribution in [0.3, 0.4) is 0 Å². The highest BCUT2D eigenvalue weighted by molar-refractivity contribution is 6.76. The molecule has 41 heavy (non-hydrogen) atoms. The number of hydrogen-bond acceptors (Lipinski definition) is 6. The Morgan fingerprint density at radius 1 is 1.02 bits per heavy atom. The van der Waals surface area contributed by atoms with Crippen LogP contribution in [0.2, 0.25) is 0 Å². The molecule has 1 aliphatic rings.